The molecule has 1 heterocycles. The molecule has 3 atom stereocenters. The number of nitrogens with zero attached hydrogens (tertiary/aromatic N) is 1. The molecule has 0 aliphatic carbocycles. The van der Waals surface area contributed by atoms with Gasteiger partial charge in [0.05, 0.1) is 5.56 Å². The van der Waals surface area contributed by atoms with Crippen LogP contribution in [-0.2, 0) is 23.1 Å². The Morgan fingerprint density at radius 2 is 1.73 bits per heavy atom. The SMILES string of the molecule is C[C@@H]1CC(O)(c2ccc(C(F)(F)F)cc2)C[N+]1(C(=O)O)C(=O)OCc1ccccc1. The third-order valence-corrected chi connectivity index (χ3v) is 5.52. The summed E-state index contributed by atoms with van der Waals surface area (Å²) in [5, 5.41) is 20.9. The molecule has 30 heavy (non-hydrogen) atoms. The number of halogens is 3. The fourth-order valence-corrected chi connectivity index (χ4v) is 3.87. The van der Waals surface area contributed by atoms with E-state index in [9.17, 15) is 33.0 Å². The first kappa shape index (κ1) is 21.8. The lowest BCUT2D eigenvalue weighted by molar-refractivity contribution is -0.799. The van der Waals surface area contributed by atoms with Crippen LogP contribution in [0.3, 0.4) is 0 Å². The van der Waals surface area contributed by atoms with E-state index in [4.69, 9.17) is 4.74 Å². The van der Waals surface area contributed by atoms with Crippen molar-refractivity contribution < 1.29 is 42.2 Å². The van der Waals surface area contributed by atoms with Crippen molar-refractivity contribution in [3.8, 4) is 0 Å². The van der Waals surface area contributed by atoms with Crippen LogP contribution in [-0.4, -0.2) is 39.5 Å². The third kappa shape index (κ3) is 3.90. The molecular weight excluding hydrogens is 403 g/mol. The van der Waals surface area contributed by atoms with E-state index >= 15 is 0 Å². The van der Waals surface area contributed by atoms with Crippen molar-refractivity contribution in [2.75, 3.05) is 6.54 Å². The molecule has 9 heteroatoms. The van der Waals surface area contributed by atoms with Gasteiger partial charge in [-0.3, -0.25) is 0 Å². The normalized spacial score (nSPS) is 26.4. The minimum Gasteiger partial charge on any atom is -0.435 e. The van der Waals surface area contributed by atoms with Gasteiger partial charge in [0.25, 0.3) is 0 Å². The van der Waals surface area contributed by atoms with Crippen molar-refractivity contribution in [3.63, 3.8) is 0 Å². The molecule has 2 aromatic rings. The highest BCUT2D eigenvalue weighted by atomic mass is 19.4. The third-order valence-electron chi connectivity index (χ3n) is 5.52. The number of carboxylic acid groups (broad SMARTS) is 1. The number of alkyl halides is 3. The highest BCUT2D eigenvalue weighted by Crippen LogP contribution is 2.42. The van der Waals surface area contributed by atoms with E-state index in [2.05, 4.69) is 0 Å². The highest BCUT2D eigenvalue weighted by molar-refractivity contribution is 5.76. The summed E-state index contributed by atoms with van der Waals surface area (Å²) in [5.41, 5.74) is -1.91. The first-order chi connectivity index (χ1) is 14.0. The molecule has 2 aromatic carbocycles. The maximum atomic E-state index is 12.8. The maximum Gasteiger partial charge on any atom is 0.527 e. The van der Waals surface area contributed by atoms with E-state index in [1.54, 1.807) is 30.3 Å². The highest BCUT2D eigenvalue weighted by Gasteiger charge is 2.64. The average Bonchev–Trinajstić information content (AvgIpc) is 2.99. The monoisotopic (exact) mass is 424 g/mol. The van der Waals surface area contributed by atoms with Crippen molar-refractivity contribution in [2.45, 2.75) is 37.8 Å². The second-order valence-corrected chi connectivity index (χ2v) is 7.51. The van der Waals surface area contributed by atoms with E-state index in [-0.39, 0.29) is 18.6 Å². The number of rotatable bonds is 3. The van der Waals surface area contributed by atoms with Crippen LogP contribution in [0, 0.1) is 0 Å². The van der Waals surface area contributed by atoms with E-state index in [0.29, 0.717) is 5.56 Å². The largest absolute Gasteiger partial charge is 0.527 e. The number of benzene rings is 2. The Balaban J connectivity index is 1.86. The number of aliphatic hydroxyl groups is 1. The standard InChI is InChI=1S/C21H20F3NO5/c1-14-11-20(29,16-7-9-17(10-8-16)21(22,23)24)13-25(14,18(26)27)19(28)30-12-15-5-3-2-4-6-15/h2-10,14,29H,11-13H2,1H3/p+1/t14-,20?,25?/m1/s1. The lowest BCUT2D eigenvalue weighted by Crippen LogP contribution is -2.59. The molecule has 0 saturated carbocycles. The molecule has 1 aliphatic heterocycles. The van der Waals surface area contributed by atoms with Gasteiger partial charge in [0.2, 0.25) is 0 Å². The molecule has 0 spiro atoms. The summed E-state index contributed by atoms with van der Waals surface area (Å²) < 4.78 is 42.5. The van der Waals surface area contributed by atoms with E-state index in [1.165, 1.54) is 6.92 Å². The van der Waals surface area contributed by atoms with Crippen LogP contribution >= 0.6 is 0 Å². The quantitative estimate of drug-likeness (QED) is 0.708. The zero-order chi connectivity index (χ0) is 22.2. The van der Waals surface area contributed by atoms with Crippen LogP contribution < -0.4 is 0 Å². The van der Waals surface area contributed by atoms with Gasteiger partial charge in [0.1, 0.15) is 24.8 Å². The van der Waals surface area contributed by atoms with Crippen LogP contribution in [0.1, 0.15) is 30.0 Å². The molecule has 2 unspecified atom stereocenters. The number of carbonyl (C=O) groups is 2. The molecular formula is C21H21F3NO5+. The fourth-order valence-electron chi connectivity index (χ4n) is 3.87. The molecule has 2 N–H and O–H groups in total. The van der Waals surface area contributed by atoms with Gasteiger partial charge in [-0.05, 0) is 30.2 Å². The Hall–Kier alpha value is -2.91. The van der Waals surface area contributed by atoms with Crippen molar-refractivity contribution >= 4 is 12.2 Å². The van der Waals surface area contributed by atoms with Crippen LogP contribution in [0.4, 0.5) is 22.8 Å². The van der Waals surface area contributed by atoms with Crippen LogP contribution in [0.25, 0.3) is 0 Å². The van der Waals surface area contributed by atoms with Crippen molar-refractivity contribution in [3.05, 3.63) is 71.3 Å². The predicted octanol–water partition coefficient (Wildman–Crippen LogP) is 4.52. The zero-order valence-corrected chi connectivity index (χ0v) is 16.1. The first-order valence-electron chi connectivity index (χ1n) is 9.22. The Morgan fingerprint density at radius 3 is 2.27 bits per heavy atom. The summed E-state index contributed by atoms with van der Waals surface area (Å²) >= 11 is 0. The Morgan fingerprint density at radius 1 is 1.13 bits per heavy atom. The predicted molar refractivity (Wildman–Crippen MR) is 99.2 cm³/mol. The molecule has 0 bridgehead atoms. The number of carbonyl (C=O) groups excluding carboxylic acids is 1. The number of likely N-dealkylation sites (tertiary alicyclic amines) is 1. The van der Waals surface area contributed by atoms with Crippen molar-refractivity contribution in [2.24, 2.45) is 0 Å². The second-order valence-electron chi connectivity index (χ2n) is 7.51. The minimum absolute atomic E-state index is 0.111. The lowest BCUT2D eigenvalue weighted by Gasteiger charge is -2.29. The van der Waals surface area contributed by atoms with Gasteiger partial charge in [-0.15, -0.1) is 4.48 Å². The number of quaternary nitrogens is 1. The lowest BCUT2D eigenvalue weighted by atomic mass is 9.91. The van der Waals surface area contributed by atoms with Crippen LogP contribution in [0.15, 0.2) is 54.6 Å². The van der Waals surface area contributed by atoms with Crippen LogP contribution in [0.2, 0.25) is 0 Å². The van der Waals surface area contributed by atoms with Gasteiger partial charge in [-0.2, -0.15) is 22.8 Å². The van der Waals surface area contributed by atoms with Crippen LogP contribution in [0.5, 0.6) is 0 Å². The number of amides is 2. The topological polar surface area (TPSA) is 83.8 Å². The summed E-state index contributed by atoms with van der Waals surface area (Å²) in [6.07, 6.45) is -7.21. The molecule has 6 nitrogen and oxygen atoms in total. The van der Waals surface area contributed by atoms with Gasteiger partial charge >= 0.3 is 18.4 Å². The summed E-state index contributed by atoms with van der Waals surface area (Å²) in [7, 11) is 0. The maximum absolute atomic E-state index is 12.8. The minimum atomic E-state index is -4.54. The zero-order valence-electron chi connectivity index (χ0n) is 16.1. The Labute approximate surface area is 170 Å². The Kier molecular flexibility index (Phi) is 5.62. The molecule has 3 rings (SSSR count). The number of hydrogen-bond acceptors (Lipinski definition) is 4. The Bertz CT molecular complexity index is 932. The van der Waals surface area contributed by atoms with Gasteiger partial charge in [0.15, 0.2) is 0 Å². The van der Waals surface area contributed by atoms with E-state index in [1.807, 2.05) is 0 Å². The van der Waals surface area contributed by atoms with Gasteiger partial charge in [-0.1, -0.05) is 42.5 Å². The van der Waals surface area contributed by atoms with Gasteiger partial charge in [0, 0.05) is 6.42 Å². The first-order valence-corrected chi connectivity index (χ1v) is 9.22. The summed E-state index contributed by atoms with van der Waals surface area (Å²) in [6.45, 7) is 0.792. The molecule has 1 fully saturated rings. The van der Waals surface area contributed by atoms with Crippen molar-refractivity contribution in [1.82, 2.24) is 0 Å². The number of imide groups is 1. The van der Waals surface area contributed by atoms with E-state index < -0.39 is 46.6 Å². The fraction of sp³-hybridized carbons (Fsp3) is 0.333. The average molecular weight is 424 g/mol. The van der Waals surface area contributed by atoms with Gasteiger partial charge < -0.3 is 14.9 Å². The molecule has 0 radical (unpaired) electrons. The smallest absolute Gasteiger partial charge is 0.435 e. The van der Waals surface area contributed by atoms with Crippen molar-refractivity contribution in [1.29, 1.82) is 0 Å². The summed E-state index contributed by atoms with van der Waals surface area (Å²) in [5.74, 6) is 0. The molecule has 160 valence electrons. The second kappa shape index (κ2) is 7.73. The molecule has 1 saturated heterocycles. The van der Waals surface area contributed by atoms with Gasteiger partial charge in [-0.25, -0.2) is 0 Å². The van der Waals surface area contributed by atoms with E-state index in [0.717, 1.165) is 24.3 Å². The molecule has 0 aromatic heterocycles. The summed E-state index contributed by atoms with van der Waals surface area (Å²) in [6, 6.07) is 11.7. The molecule has 1 aliphatic rings. The molecule has 2 amide bonds. The number of ether oxygens (including phenoxy) is 1. The number of hydrogen-bond donors (Lipinski definition) is 2. The summed E-state index contributed by atoms with van der Waals surface area (Å²) in [4.78, 5) is 24.9.